The molecule has 120 valence electrons. The molecule has 0 bridgehead atoms. The minimum atomic E-state index is -0.608. The largest absolute Gasteiger partial charge is 0.354 e. The van der Waals surface area contributed by atoms with Crippen LogP contribution in [-0.2, 0) is 10.2 Å². The molecule has 0 aromatic heterocycles. The number of nitrogens with one attached hydrogen (secondary N) is 1. The lowest BCUT2D eigenvalue weighted by atomic mass is 9.91. The van der Waals surface area contributed by atoms with Gasteiger partial charge in [0.15, 0.2) is 0 Å². The van der Waals surface area contributed by atoms with Crippen LogP contribution in [0.25, 0.3) is 0 Å². The molecule has 1 amide bonds. The molecule has 2 aromatic rings. The van der Waals surface area contributed by atoms with Gasteiger partial charge in [-0.25, -0.2) is 0 Å². The Balaban J connectivity index is 1.65. The first-order valence-electron chi connectivity index (χ1n) is 8.18. The molecule has 1 aliphatic rings. The van der Waals surface area contributed by atoms with Gasteiger partial charge in [-0.05, 0) is 43.4 Å². The van der Waals surface area contributed by atoms with Gasteiger partial charge in [0.25, 0.3) is 0 Å². The predicted molar refractivity (Wildman–Crippen MR) is 93.2 cm³/mol. The minimum absolute atomic E-state index is 0.103. The van der Waals surface area contributed by atoms with E-state index in [1.165, 1.54) is 11.1 Å². The summed E-state index contributed by atoms with van der Waals surface area (Å²) >= 11 is 0. The highest BCUT2D eigenvalue weighted by molar-refractivity contribution is 5.83. The summed E-state index contributed by atoms with van der Waals surface area (Å²) < 4.78 is 0. The molecule has 0 aliphatic heterocycles. The molecular weight excluding hydrogens is 284 g/mol. The lowest BCUT2D eigenvalue weighted by Gasteiger charge is -2.20. The molecular formula is C20H24N2O. The first kappa shape index (κ1) is 15.8. The van der Waals surface area contributed by atoms with E-state index in [1.54, 1.807) is 0 Å². The van der Waals surface area contributed by atoms with Crippen molar-refractivity contribution in [3.05, 3.63) is 70.8 Å². The summed E-state index contributed by atoms with van der Waals surface area (Å²) in [5.74, 6) is -0.103. The first-order valence-corrected chi connectivity index (χ1v) is 8.18. The van der Waals surface area contributed by atoms with Crippen molar-refractivity contribution in [2.75, 3.05) is 6.54 Å². The van der Waals surface area contributed by atoms with Crippen LogP contribution in [0.3, 0.4) is 0 Å². The Morgan fingerprint density at radius 3 is 2.39 bits per heavy atom. The van der Waals surface area contributed by atoms with Crippen molar-refractivity contribution in [2.45, 2.75) is 38.1 Å². The van der Waals surface area contributed by atoms with Crippen LogP contribution >= 0.6 is 0 Å². The SMILES string of the molecule is Cc1ccc(C(N)C(=O)NCC2(c3ccccc3C)CC2)cc1. The van der Waals surface area contributed by atoms with Gasteiger partial charge in [0, 0.05) is 12.0 Å². The van der Waals surface area contributed by atoms with Gasteiger partial charge in [-0.15, -0.1) is 0 Å². The number of hydrogen-bond donors (Lipinski definition) is 2. The van der Waals surface area contributed by atoms with Crippen molar-refractivity contribution in [1.82, 2.24) is 5.32 Å². The lowest BCUT2D eigenvalue weighted by molar-refractivity contribution is -0.122. The topological polar surface area (TPSA) is 55.1 Å². The molecule has 0 saturated heterocycles. The van der Waals surface area contributed by atoms with Crippen molar-refractivity contribution in [1.29, 1.82) is 0 Å². The summed E-state index contributed by atoms with van der Waals surface area (Å²) in [4.78, 5) is 12.4. The molecule has 3 N–H and O–H groups in total. The van der Waals surface area contributed by atoms with Gasteiger partial charge in [0.05, 0.1) is 0 Å². The highest BCUT2D eigenvalue weighted by Crippen LogP contribution is 2.48. The smallest absolute Gasteiger partial charge is 0.241 e. The van der Waals surface area contributed by atoms with Crippen LogP contribution in [0.15, 0.2) is 48.5 Å². The number of carbonyl (C=O) groups excluding carboxylic acids is 1. The summed E-state index contributed by atoms with van der Waals surface area (Å²) in [6, 6.07) is 15.6. The highest BCUT2D eigenvalue weighted by Gasteiger charge is 2.45. The summed E-state index contributed by atoms with van der Waals surface area (Å²) in [5, 5.41) is 3.06. The van der Waals surface area contributed by atoms with Crippen LogP contribution in [0.4, 0.5) is 0 Å². The zero-order valence-electron chi connectivity index (χ0n) is 13.8. The second-order valence-corrected chi connectivity index (χ2v) is 6.70. The summed E-state index contributed by atoms with van der Waals surface area (Å²) in [7, 11) is 0. The average molecular weight is 308 g/mol. The highest BCUT2D eigenvalue weighted by atomic mass is 16.2. The normalized spacial score (nSPS) is 16.7. The fraction of sp³-hybridized carbons (Fsp3) is 0.350. The van der Waals surface area contributed by atoms with Gasteiger partial charge in [-0.3, -0.25) is 4.79 Å². The van der Waals surface area contributed by atoms with E-state index in [0.717, 1.165) is 24.0 Å². The third kappa shape index (κ3) is 3.30. The van der Waals surface area contributed by atoms with Crippen LogP contribution in [0.5, 0.6) is 0 Å². The van der Waals surface area contributed by atoms with Gasteiger partial charge < -0.3 is 11.1 Å². The Bertz CT molecular complexity index is 702. The molecule has 1 unspecified atom stereocenters. The standard InChI is InChI=1S/C20H24N2O/c1-14-7-9-16(10-8-14)18(21)19(23)22-13-20(11-12-20)17-6-4-3-5-15(17)2/h3-10,18H,11-13,21H2,1-2H3,(H,22,23). The van der Waals surface area contributed by atoms with Gasteiger partial charge >= 0.3 is 0 Å². The lowest BCUT2D eigenvalue weighted by Crippen LogP contribution is -2.38. The first-order chi connectivity index (χ1) is 11.0. The maximum Gasteiger partial charge on any atom is 0.241 e. The van der Waals surface area contributed by atoms with E-state index in [4.69, 9.17) is 5.73 Å². The van der Waals surface area contributed by atoms with Crippen molar-refractivity contribution < 1.29 is 4.79 Å². The summed E-state index contributed by atoms with van der Waals surface area (Å²) in [6.45, 7) is 4.82. The fourth-order valence-corrected chi connectivity index (χ4v) is 3.15. The second-order valence-electron chi connectivity index (χ2n) is 6.70. The Morgan fingerprint density at radius 1 is 1.13 bits per heavy atom. The third-order valence-corrected chi connectivity index (χ3v) is 4.89. The molecule has 0 radical (unpaired) electrons. The fourth-order valence-electron chi connectivity index (χ4n) is 3.15. The van der Waals surface area contributed by atoms with Gasteiger partial charge in [0.1, 0.15) is 6.04 Å². The van der Waals surface area contributed by atoms with Crippen molar-refractivity contribution in [2.24, 2.45) is 5.73 Å². The molecule has 0 spiro atoms. The van der Waals surface area contributed by atoms with Crippen molar-refractivity contribution in [3.63, 3.8) is 0 Å². The molecule has 23 heavy (non-hydrogen) atoms. The number of nitrogens with two attached hydrogens (primary N) is 1. The predicted octanol–water partition coefficient (Wildman–Crippen LogP) is 3.15. The van der Waals surface area contributed by atoms with Gasteiger partial charge in [-0.1, -0.05) is 54.1 Å². The molecule has 3 nitrogen and oxygen atoms in total. The van der Waals surface area contributed by atoms with E-state index < -0.39 is 6.04 Å². The minimum Gasteiger partial charge on any atom is -0.354 e. The molecule has 0 heterocycles. The Kier molecular flexibility index (Phi) is 4.22. The molecule has 1 aliphatic carbocycles. The van der Waals surface area contributed by atoms with Crippen molar-refractivity contribution in [3.8, 4) is 0 Å². The van der Waals surface area contributed by atoms with Crippen molar-refractivity contribution >= 4 is 5.91 Å². The van der Waals surface area contributed by atoms with E-state index in [0.29, 0.717) is 6.54 Å². The van der Waals surface area contributed by atoms with Crippen LogP contribution in [0.1, 0.15) is 41.1 Å². The second kappa shape index (κ2) is 6.17. The van der Waals surface area contributed by atoms with E-state index >= 15 is 0 Å². The molecule has 3 heteroatoms. The molecule has 2 aromatic carbocycles. The van der Waals surface area contributed by atoms with E-state index in [2.05, 4.69) is 36.5 Å². The monoisotopic (exact) mass is 308 g/mol. The Morgan fingerprint density at radius 2 is 1.78 bits per heavy atom. The van der Waals surface area contributed by atoms with Crippen LogP contribution < -0.4 is 11.1 Å². The van der Waals surface area contributed by atoms with Gasteiger partial charge in [0.2, 0.25) is 5.91 Å². The maximum absolute atomic E-state index is 12.4. The number of amides is 1. The van der Waals surface area contributed by atoms with E-state index in [-0.39, 0.29) is 11.3 Å². The zero-order chi connectivity index (χ0) is 16.4. The number of hydrogen-bond acceptors (Lipinski definition) is 2. The molecule has 3 rings (SSSR count). The summed E-state index contributed by atoms with van der Waals surface area (Å²) in [6.07, 6.45) is 2.25. The molecule has 1 fully saturated rings. The number of aryl methyl sites for hydroxylation is 2. The Labute approximate surface area is 137 Å². The average Bonchev–Trinajstić information content (AvgIpc) is 3.34. The van der Waals surface area contributed by atoms with E-state index in [1.807, 2.05) is 31.2 Å². The number of benzene rings is 2. The summed E-state index contributed by atoms with van der Waals surface area (Å²) in [5.41, 5.74) is 10.9. The maximum atomic E-state index is 12.4. The van der Waals surface area contributed by atoms with Crippen LogP contribution in [-0.4, -0.2) is 12.5 Å². The Hall–Kier alpha value is -2.13. The molecule has 1 saturated carbocycles. The zero-order valence-corrected chi connectivity index (χ0v) is 13.8. The quantitative estimate of drug-likeness (QED) is 0.891. The molecule has 1 atom stereocenters. The van der Waals surface area contributed by atoms with Crippen LogP contribution in [0.2, 0.25) is 0 Å². The van der Waals surface area contributed by atoms with Crippen LogP contribution in [0, 0.1) is 13.8 Å². The number of rotatable bonds is 5. The number of carbonyl (C=O) groups is 1. The third-order valence-electron chi connectivity index (χ3n) is 4.89. The van der Waals surface area contributed by atoms with E-state index in [9.17, 15) is 4.79 Å². The van der Waals surface area contributed by atoms with Gasteiger partial charge in [-0.2, -0.15) is 0 Å².